The molecule has 1 N–H and O–H groups in total. The van der Waals surface area contributed by atoms with Crippen LogP contribution in [0.25, 0.3) is 0 Å². The van der Waals surface area contributed by atoms with Crippen molar-refractivity contribution in [2.24, 2.45) is 0 Å². The molecule has 118 valence electrons. The highest BCUT2D eigenvalue weighted by molar-refractivity contribution is 4.89. The van der Waals surface area contributed by atoms with Crippen molar-refractivity contribution in [3.63, 3.8) is 0 Å². The summed E-state index contributed by atoms with van der Waals surface area (Å²) in [7, 11) is 0. The maximum absolute atomic E-state index is 6.03. The lowest BCUT2D eigenvalue weighted by Crippen LogP contribution is -2.50. The van der Waals surface area contributed by atoms with E-state index in [1.165, 1.54) is 58.2 Å². The first kappa shape index (κ1) is 16.3. The molecule has 3 unspecified atom stereocenters. The van der Waals surface area contributed by atoms with E-state index in [0.29, 0.717) is 0 Å². The summed E-state index contributed by atoms with van der Waals surface area (Å²) in [6.07, 6.45) is 8.89. The third-order valence-corrected chi connectivity index (χ3v) is 5.25. The molecule has 2 fully saturated rings. The number of nitrogens with zero attached hydrogens (tertiary/aromatic N) is 1. The molecule has 0 aromatic carbocycles. The second kappa shape index (κ2) is 7.77. The Balaban J connectivity index is 1.93. The monoisotopic (exact) mass is 282 g/mol. The standard InChI is InChI=1S/C17H34N2O/c1-4-6-11-19(14-15-8-7-10-18-15)16-9-12-20-17(3,5-2)13-16/h15-16,18H,4-14H2,1-3H3. The van der Waals surface area contributed by atoms with E-state index in [4.69, 9.17) is 4.74 Å². The van der Waals surface area contributed by atoms with Crippen LogP contribution < -0.4 is 5.32 Å². The minimum absolute atomic E-state index is 0.108. The zero-order valence-corrected chi connectivity index (χ0v) is 13.8. The molecule has 0 aromatic rings. The first-order valence-electron chi connectivity index (χ1n) is 8.78. The minimum Gasteiger partial charge on any atom is -0.375 e. The second-order valence-electron chi connectivity index (χ2n) is 6.94. The van der Waals surface area contributed by atoms with Crippen molar-refractivity contribution in [1.82, 2.24) is 10.2 Å². The van der Waals surface area contributed by atoms with Gasteiger partial charge in [0.25, 0.3) is 0 Å². The molecular formula is C17H34N2O. The zero-order chi connectivity index (χ0) is 14.4. The Bertz CT molecular complexity index is 278. The van der Waals surface area contributed by atoms with E-state index in [1.807, 2.05) is 0 Å². The highest BCUT2D eigenvalue weighted by Crippen LogP contribution is 2.31. The van der Waals surface area contributed by atoms with Gasteiger partial charge in [-0.25, -0.2) is 0 Å². The van der Waals surface area contributed by atoms with E-state index in [9.17, 15) is 0 Å². The normalized spacial score (nSPS) is 34.8. The van der Waals surface area contributed by atoms with E-state index in [1.54, 1.807) is 0 Å². The van der Waals surface area contributed by atoms with E-state index >= 15 is 0 Å². The summed E-state index contributed by atoms with van der Waals surface area (Å²) in [5, 5.41) is 3.66. The zero-order valence-electron chi connectivity index (χ0n) is 13.8. The van der Waals surface area contributed by atoms with Crippen molar-refractivity contribution in [3.05, 3.63) is 0 Å². The van der Waals surface area contributed by atoms with Gasteiger partial charge in [0.2, 0.25) is 0 Å². The Hall–Kier alpha value is -0.120. The molecule has 3 atom stereocenters. The average molecular weight is 282 g/mol. The molecule has 2 aliphatic heterocycles. The van der Waals surface area contributed by atoms with Crippen LogP contribution in [0.4, 0.5) is 0 Å². The van der Waals surface area contributed by atoms with Gasteiger partial charge in [-0.2, -0.15) is 0 Å². The largest absolute Gasteiger partial charge is 0.375 e. The van der Waals surface area contributed by atoms with Crippen LogP contribution in [0.2, 0.25) is 0 Å². The smallest absolute Gasteiger partial charge is 0.0666 e. The second-order valence-corrected chi connectivity index (χ2v) is 6.94. The van der Waals surface area contributed by atoms with Crippen LogP contribution in [0, 0.1) is 0 Å². The van der Waals surface area contributed by atoms with E-state index in [-0.39, 0.29) is 5.60 Å². The quantitative estimate of drug-likeness (QED) is 0.776. The van der Waals surface area contributed by atoms with Crippen LogP contribution >= 0.6 is 0 Å². The Morgan fingerprint density at radius 3 is 2.80 bits per heavy atom. The molecule has 0 bridgehead atoms. The Kier molecular flexibility index (Phi) is 6.31. The molecular weight excluding hydrogens is 248 g/mol. The lowest BCUT2D eigenvalue weighted by Gasteiger charge is -2.43. The lowest BCUT2D eigenvalue weighted by atomic mass is 9.88. The van der Waals surface area contributed by atoms with E-state index < -0.39 is 0 Å². The average Bonchev–Trinajstić information content (AvgIpc) is 2.96. The molecule has 2 heterocycles. The molecule has 0 radical (unpaired) electrons. The molecule has 0 saturated carbocycles. The molecule has 0 aromatic heterocycles. The topological polar surface area (TPSA) is 24.5 Å². The third-order valence-electron chi connectivity index (χ3n) is 5.25. The number of hydrogen-bond acceptors (Lipinski definition) is 3. The molecule has 3 nitrogen and oxygen atoms in total. The van der Waals surface area contributed by atoms with Crippen LogP contribution in [-0.4, -0.2) is 48.8 Å². The van der Waals surface area contributed by atoms with Gasteiger partial charge in [-0.05, 0) is 58.5 Å². The summed E-state index contributed by atoms with van der Waals surface area (Å²) < 4.78 is 6.03. The third kappa shape index (κ3) is 4.44. The number of nitrogens with one attached hydrogen (secondary N) is 1. The van der Waals surface area contributed by atoms with Crippen molar-refractivity contribution < 1.29 is 4.74 Å². The van der Waals surface area contributed by atoms with E-state index in [2.05, 4.69) is 31.0 Å². The Morgan fingerprint density at radius 1 is 1.30 bits per heavy atom. The highest BCUT2D eigenvalue weighted by Gasteiger charge is 2.35. The van der Waals surface area contributed by atoms with Crippen LogP contribution in [0.15, 0.2) is 0 Å². The molecule has 0 aliphatic carbocycles. The van der Waals surface area contributed by atoms with Crippen molar-refractivity contribution in [2.45, 2.75) is 83.4 Å². The van der Waals surface area contributed by atoms with Crippen LogP contribution in [0.3, 0.4) is 0 Å². The van der Waals surface area contributed by atoms with Gasteiger partial charge in [-0.1, -0.05) is 20.3 Å². The van der Waals surface area contributed by atoms with E-state index in [0.717, 1.165) is 25.1 Å². The van der Waals surface area contributed by atoms with Gasteiger partial charge in [-0.15, -0.1) is 0 Å². The number of hydrogen-bond donors (Lipinski definition) is 1. The van der Waals surface area contributed by atoms with Gasteiger partial charge >= 0.3 is 0 Å². The summed E-state index contributed by atoms with van der Waals surface area (Å²) in [5.74, 6) is 0. The maximum Gasteiger partial charge on any atom is 0.0666 e. The summed E-state index contributed by atoms with van der Waals surface area (Å²) in [5.41, 5.74) is 0.108. The summed E-state index contributed by atoms with van der Waals surface area (Å²) in [6.45, 7) is 11.5. The molecule has 2 aliphatic rings. The maximum atomic E-state index is 6.03. The molecule has 2 saturated heterocycles. The lowest BCUT2D eigenvalue weighted by molar-refractivity contribution is -0.0973. The van der Waals surface area contributed by atoms with Crippen LogP contribution in [-0.2, 0) is 4.74 Å². The fraction of sp³-hybridized carbons (Fsp3) is 1.00. The predicted molar refractivity (Wildman–Crippen MR) is 85.2 cm³/mol. The summed E-state index contributed by atoms with van der Waals surface area (Å²) >= 11 is 0. The summed E-state index contributed by atoms with van der Waals surface area (Å²) in [4.78, 5) is 2.77. The van der Waals surface area contributed by atoms with Gasteiger partial charge in [0, 0.05) is 25.2 Å². The highest BCUT2D eigenvalue weighted by atomic mass is 16.5. The van der Waals surface area contributed by atoms with Gasteiger partial charge in [0.1, 0.15) is 0 Å². The number of rotatable bonds is 7. The first-order chi connectivity index (χ1) is 9.67. The predicted octanol–water partition coefficient (Wildman–Crippen LogP) is 3.19. The van der Waals surface area contributed by atoms with Gasteiger partial charge in [0.15, 0.2) is 0 Å². The fourth-order valence-electron chi connectivity index (χ4n) is 3.64. The SMILES string of the molecule is CCCCN(CC1CCCN1)C1CCOC(C)(CC)C1. The molecule has 0 amide bonds. The van der Waals surface area contributed by atoms with Crippen molar-refractivity contribution in [2.75, 3.05) is 26.2 Å². The van der Waals surface area contributed by atoms with Crippen molar-refractivity contribution >= 4 is 0 Å². The van der Waals surface area contributed by atoms with Crippen LogP contribution in [0.1, 0.15) is 65.7 Å². The summed E-state index contributed by atoms with van der Waals surface area (Å²) in [6, 6.07) is 1.45. The van der Waals surface area contributed by atoms with Gasteiger partial charge < -0.3 is 10.1 Å². The first-order valence-corrected chi connectivity index (χ1v) is 8.78. The molecule has 20 heavy (non-hydrogen) atoms. The molecule has 2 rings (SSSR count). The fourth-order valence-corrected chi connectivity index (χ4v) is 3.64. The van der Waals surface area contributed by atoms with Gasteiger partial charge in [-0.3, -0.25) is 4.90 Å². The molecule has 0 spiro atoms. The Labute approximate surface area is 125 Å². The number of unbranched alkanes of at least 4 members (excludes halogenated alkanes) is 1. The van der Waals surface area contributed by atoms with Crippen molar-refractivity contribution in [3.8, 4) is 0 Å². The van der Waals surface area contributed by atoms with Crippen LogP contribution in [0.5, 0.6) is 0 Å². The van der Waals surface area contributed by atoms with Gasteiger partial charge in [0.05, 0.1) is 5.60 Å². The minimum atomic E-state index is 0.108. The Morgan fingerprint density at radius 2 is 2.15 bits per heavy atom. The van der Waals surface area contributed by atoms with Crippen molar-refractivity contribution in [1.29, 1.82) is 0 Å². The molecule has 3 heteroatoms. The number of ether oxygens (including phenoxy) is 1.